The van der Waals surface area contributed by atoms with Gasteiger partial charge in [-0.15, -0.1) is 0 Å². The van der Waals surface area contributed by atoms with E-state index in [1.807, 2.05) is 24.3 Å². The van der Waals surface area contributed by atoms with Crippen molar-refractivity contribution in [3.8, 4) is 5.75 Å². The van der Waals surface area contributed by atoms with Crippen LogP contribution < -0.4 is 10.5 Å². The Balaban J connectivity index is 1.97. The van der Waals surface area contributed by atoms with E-state index in [-0.39, 0.29) is 11.4 Å². The minimum Gasteiger partial charge on any atom is -0.487 e. The van der Waals surface area contributed by atoms with Gasteiger partial charge >= 0.3 is 0 Å². The lowest BCUT2D eigenvalue weighted by atomic mass is 9.94. The molecule has 0 amide bonds. The molecule has 0 aliphatic carbocycles. The molecule has 1 aliphatic heterocycles. The van der Waals surface area contributed by atoms with Crippen molar-refractivity contribution < 1.29 is 9.13 Å². The third-order valence-corrected chi connectivity index (χ3v) is 4.00. The molecule has 0 radical (unpaired) electrons. The summed E-state index contributed by atoms with van der Waals surface area (Å²) < 4.78 is 20.1. The Bertz CT molecular complexity index is 694. The molecule has 0 saturated heterocycles. The van der Waals surface area contributed by atoms with Crippen LogP contribution in [-0.2, 0) is 6.42 Å². The summed E-state index contributed by atoms with van der Waals surface area (Å²) in [5, 5.41) is 0. The second-order valence-electron chi connectivity index (χ2n) is 6.36. The van der Waals surface area contributed by atoms with E-state index in [4.69, 9.17) is 10.5 Å². The van der Waals surface area contributed by atoms with Gasteiger partial charge in [0, 0.05) is 12.0 Å². The van der Waals surface area contributed by atoms with Crippen LogP contribution in [0.15, 0.2) is 36.4 Å². The molecular weight excluding hydrogens is 265 g/mol. The first-order valence-electron chi connectivity index (χ1n) is 7.20. The molecule has 0 fully saturated rings. The van der Waals surface area contributed by atoms with Crippen LogP contribution in [-0.4, -0.2) is 5.60 Å². The average molecular weight is 285 g/mol. The highest BCUT2D eigenvalue weighted by atomic mass is 19.1. The minimum absolute atomic E-state index is 0.181. The van der Waals surface area contributed by atoms with Gasteiger partial charge in [0.25, 0.3) is 0 Å². The topological polar surface area (TPSA) is 35.2 Å². The van der Waals surface area contributed by atoms with Crippen LogP contribution >= 0.6 is 0 Å². The highest BCUT2D eigenvalue weighted by Gasteiger charge is 2.30. The van der Waals surface area contributed by atoms with Crippen molar-refractivity contribution in [1.29, 1.82) is 0 Å². The van der Waals surface area contributed by atoms with Crippen molar-refractivity contribution in [2.24, 2.45) is 5.73 Å². The molecule has 0 bridgehead atoms. The predicted molar refractivity (Wildman–Crippen MR) is 82.0 cm³/mol. The molecule has 1 heterocycles. The Morgan fingerprint density at radius 3 is 2.76 bits per heavy atom. The number of hydrogen-bond acceptors (Lipinski definition) is 2. The number of aryl methyl sites for hydroxylation is 1. The lowest BCUT2D eigenvalue weighted by molar-refractivity contribution is 0.138. The molecule has 21 heavy (non-hydrogen) atoms. The minimum atomic E-state index is -0.459. The second-order valence-corrected chi connectivity index (χ2v) is 6.36. The summed E-state index contributed by atoms with van der Waals surface area (Å²) in [6.07, 6.45) is 0.846. The maximum atomic E-state index is 14.2. The van der Waals surface area contributed by atoms with E-state index in [9.17, 15) is 4.39 Å². The summed E-state index contributed by atoms with van der Waals surface area (Å²) in [5.41, 5.74) is 9.30. The SMILES string of the molecule is Cc1cccc(C(N)c2ccc3c(c2)CC(C)(C)O3)c1F. The Morgan fingerprint density at radius 2 is 2.00 bits per heavy atom. The molecule has 3 rings (SSSR count). The molecular formula is C18H20FNO. The fraction of sp³-hybridized carbons (Fsp3) is 0.333. The van der Waals surface area contributed by atoms with Crippen LogP contribution in [0.5, 0.6) is 5.75 Å². The third-order valence-electron chi connectivity index (χ3n) is 4.00. The van der Waals surface area contributed by atoms with Gasteiger partial charge in [-0.25, -0.2) is 4.39 Å². The molecule has 0 aromatic heterocycles. The van der Waals surface area contributed by atoms with Crippen LogP contribution in [0.3, 0.4) is 0 Å². The van der Waals surface area contributed by atoms with Gasteiger partial charge in [-0.1, -0.05) is 30.3 Å². The zero-order valence-corrected chi connectivity index (χ0v) is 12.6. The molecule has 1 atom stereocenters. The summed E-state index contributed by atoms with van der Waals surface area (Å²) in [6, 6.07) is 10.8. The standard InChI is InChI=1S/C18H20FNO/c1-11-5-4-6-14(16(11)19)17(20)12-7-8-15-13(9-12)10-18(2,3)21-15/h4-9,17H,10,20H2,1-3H3. The van der Waals surface area contributed by atoms with Gasteiger partial charge in [0.05, 0.1) is 6.04 Å². The van der Waals surface area contributed by atoms with Gasteiger partial charge in [0.2, 0.25) is 0 Å². The quantitative estimate of drug-likeness (QED) is 0.908. The maximum absolute atomic E-state index is 14.2. The number of halogens is 1. The van der Waals surface area contributed by atoms with Crippen molar-refractivity contribution in [3.63, 3.8) is 0 Å². The predicted octanol–water partition coefficient (Wildman–Crippen LogP) is 3.90. The first-order valence-corrected chi connectivity index (χ1v) is 7.20. The molecule has 2 nitrogen and oxygen atoms in total. The number of fused-ring (bicyclic) bond motifs is 1. The van der Waals surface area contributed by atoms with Gasteiger partial charge in [0.1, 0.15) is 17.2 Å². The number of ether oxygens (including phenoxy) is 1. The fourth-order valence-corrected chi connectivity index (χ4v) is 2.91. The average Bonchev–Trinajstić information content (AvgIpc) is 2.73. The van der Waals surface area contributed by atoms with Gasteiger partial charge in [0.15, 0.2) is 0 Å². The largest absolute Gasteiger partial charge is 0.487 e. The van der Waals surface area contributed by atoms with Crippen LogP contribution in [0.2, 0.25) is 0 Å². The lowest BCUT2D eigenvalue weighted by Crippen LogP contribution is -2.24. The number of hydrogen-bond donors (Lipinski definition) is 1. The molecule has 3 heteroatoms. The van der Waals surface area contributed by atoms with Gasteiger partial charge in [-0.05, 0) is 43.5 Å². The Hall–Kier alpha value is -1.87. The van der Waals surface area contributed by atoms with Crippen LogP contribution in [0.25, 0.3) is 0 Å². The molecule has 2 aromatic carbocycles. The van der Waals surface area contributed by atoms with E-state index in [0.717, 1.165) is 23.3 Å². The first kappa shape index (κ1) is 14.1. The van der Waals surface area contributed by atoms with Crippen molar-refractivity contribution in [2.45, 2.75) is 38.8 Å². The van der Waals surface area contributed by atoms with E-state index in [1.54, 1.807) is 19.1 Å². The van der Waals surface area contributed by atoms with Crippen LogP contribution in [0.4, 0.5) is 4.39 Å². The number of rotatable bonds is 2. The summed E-state index contributed by atoms with van der Waals surface area (Å²) in [6.45, 7) is 5.88. The second kappa shape index (κ2) is 4.85. The monoisotopic (exact) mass is 285 g/mol. The highest BCUT2D eigenvalue weighted by molar-refractivity contribution is 5.45. The zero-order chi connectivity index (χ0) is 15.2. The molecule has 2 aromatic rings. The molecule has 2 N–H and O–H groups in total. The number of benzene rings is 2. The summed E-state index contributed by atoms with van der Waals surface area (Å²) in [5.74, 6) is 0.683. The maximum Gasteiger partial charge on any atom is 0.131 e. The lowest BCUT2D eigenvalue weighted by Gasteiger charge is -2.16. The van der Waals surface area contributed by atoms with Crippen molar-refractivity contribution in [1.82, 2.24) is 0 Å². The van der Waals surface area contributed by atoms with E-state index in [0.29, 0.717) is 11.1 Å². The fourth-order valence-electron chi connectivity index (χ4n) is 2.91. The molecule has 1 aliphatic rings. The Labute approximate surface area is 124 Å². The molecule has 0 spiro atoms. The zero-order valence-electron chi connectivity index (χ0n) is 12.6. The molecule has 110 valence electrons. The third kappa shape index (κ3) is 2.54. The van der Waals surface area contributed by atoms with Crippen molar-refractivity contribution in [3.05, 3.63) is 64.5 Å². The Morgan fingerprint density at radius 1 is 1.24 bits per heavy atom. The van der Waals surface area contributed by atoms with Gasteiger partial charge in [-0.2, -0.15) is 0 Å². The smallest absolute Gasteiger partial charge is 0.131 e. The molecule has 0 saturated carbocycles. The van der Waals surface area contributed by atoms with E-state index >= 15 is 0 Å². The summed E-state index contributed by atoms with van der Waals surface area (Å²) in [7, 11) is 0. The van der Waals surface area contributed by atoms with Crippen molar-refractivity contribution >= 4 is 0 Å². The van der Waals surface area contributed by atoms with Crippen LogP contribution in [0.1, 0.15) is 42.1 Å². The van der Waals surface area contributed by atoms with Gasteiger partial charge < -0.3 is 10.5 Å². The van der Waals surface area contributed by atoms with E-state index < -0.39 is 6.04 Å². The molecule has 1 unspecified atom stereocenters. The van der Waals surface area contributed by atoms with Gasteiger partial charge in [-0.3, -0.25) is 0 Å². The van der Waals surface area contributed by atoms with E-state index in [2.05, 4.69) is 13.8 Å². The first-order chi connectivity index (χ1) is 9.87. The van der Waals surface area contributed by atoms with E-state index in [1.165, 1.54) is 0 Å². The normalized spacial score (nSPS) is 17.2. The summed E-state index contributed by atoms with van der Waals surface area (Å²) >= 11 is 0. The number of nitrogens with two attached hydrogens (primary N) is 1. The van der Waals surface area contributed by atoms with Crippen molar-refractivity contribution in [2.75, 3.05) is 0 Å². The summed E-state index contributed by atoms with van der Waals surface area (Å²) in [4.78, 5) is 0. The van der Waals surface area contributed by atoms with Crippen LogP contribution in [0, 0.1) is 12.7 Å². The Kier molecular flexibility index (Phi) is 3.25. The highest BCUT2D eigenvalue weighted by Crippen LogP contribution is 2.37.